The number of hydrogen-bond donors (Lipinski definition) is 1. The van der Waals surface area contributed by atoms with Gasteiger partial charge in [-0.2, -0.15) is 0 Å². The standard InChI is InChI=1S/C12H12N2O5S2/c1-8-13-14-12(19-8)20-6-7-21(17,18)10-4-2-9(3-5-10)11(15)16/h2-5H,6-7H2,1H3,(H,15,16). The molecule has 2 rings (SSSR count). The van der Waals surface area contributed by atoms with Crippen molar-refractivity contribution in [3.05, 3.63) is 35.7 Å². The summed E-state index contributed by atoms with van der Waals surface area (Å²) in [5, 5.41) is 16.5. The number of carboxylic acid groups (broad SMARTS) is 1. The molecule has 1 N–H and O–H groups in total. The summed E-state index contributed by atoms with van der Waals surface area (Å²) >= 11 is 1.16. The first-order chi connectivity index (χ1) is 9.88. The highest BCUT2D eigenvalue weighted by Gasteiger charge is 2.16. The summed E-state index contributed by atoms with van der Waals surface area (Å²) in [4.78, 5) is 10.8. The lowest BCUT2D eigenvalue weighted by atomic mass is 10.2. The highest BCUT2D eigenvalue weighted by atomic mass is 32.2. The van der Waals surface area contributed by atoms with E-state index in [1.807, 2.05) is 0 Å². The van der Waals surface area contributed by atoms with Crippen LogP contribution in [0.15, 0.2) is 38.8 Å². The summed E-state index contributed by atoms with van der Waals surface area (Å²) < 4.78 is 29.3. The largest absolute Gasteiger partial charge is 0.478 e. The lowest BCUT2D eigenvalue weighted by molar-refractivity contribution is 0.0696. The normalized spacial score (nSPS) is 11.5. The van der Waals surface area contributed by atoms with Gasteiger partial charge in [0, 0.05) is 12.7 Å². The molecule has 0 aliphatic rings. The van der Waals surface area contributed by atoms with E-state index >= 15 is 0 Å². The van der Waals surface area contributed by atoms with Crippen molar-refractivity contribution in [1.82, 2.24) is 10.2 Å². The lowest BCUT2D eigenvalue weighted by Crippen LogP contribution is -2.09. The van der Waals surface area contributed by atoms with E-state index in [9.17, 15) is 13.2 Å². The predicted molar refractivity (Wildman–Crippen MR) is 75.2 cm³/mol. The number of aromatic carboxylic acids is 1. The quantitative estimate of drug-likeness (QED) is 0.797. The van der Waals surface area contributed by atoms with Crippen molar-refractivity contribution in [3.8, 4) is 0 Å². The third kappa shape index (κ3) is 4.05. The Morgan fingerprint density at radius 3 is 2.48 bits per heavy atom. The van der Waals surface area contributed by atoms with Gasteiger partial charge in [-0.3, -0.25) is 0 Å². The maximum atomic E-state index is 12.1. The topological polar surface area (TPSA) is 110 Å². The zero-order valence-corrected chi connectivity index (χ0v) is 12.6. The molecule has 0 bridgehead atoms. The Labute approximate surface area is 125 Å². The molecule has 21 heavy (non-hydrogen) atoms. The predicted octanol–water partition coefficient (Wildman–Crippen LogP) is 1.64. The van der Waals surface area contributed by atoms with Crippen LogP contribution in [0.25, 0.3) is 0 Å². The van der Waals surface area contributed by atoms with Crippen molar-refractivity contribution in [1.29, 1.82) is 0 Å². The van der Waals surface area contributed by atoms with Crippen molar-refractivity contribution in [2.75, 3.05) is 11.5 Å². The van der Waals surface area contributed by atoms with Crippen molar-refractivity contribution in [3.63, 3.8) is 0 Å². The zero-order chi connectivity index (χ0) is 15.5. The Hall–Kier alpha value is -1.87. The molecule has 2 aromatic rings. The van der Waals surface area contributed by atoms with E-state index in [1.54, 1.807) is 6.92 Å². The average Bonchev–Trinajstić information content (AvgIpc) is 2.84. The number of nitrogens with zero attached hydrogens (tertiary/aromatic N) is 2. The fourth-order valence-electron chi connectivity index (χ4n) is 1.50. The SMILES string of the molecule is Cc1nnc(SCCS(=O)(=O)c2ccc(C(=O)O)cc2)o1. The average molecular weight is 328 g/mol. The first kappa shape index (κ1) is 15.5. The summed E-state index contributed by atoms with van der Waals surface area (Å²) in [7, 11) is -3.47. The van der Waals surface area contributed by atoms with Crippen LogP contribution in [0.5, 0.6) is 0 Å². The number of hydrogen-bond acceptors (Lipinski definition) is 7. The Morgan fingerprint density at radius 2 is 1.95 bits per heavy atom. The third-order valence-corrected chi connectivity index (χ3v) is 5.36. The van der Waals surface area contributed by atoms with Gasteiger partial charge in [0.25, 0.3) is 5.22 Å². The van der Waals surface area contributed by atoms with Gasteiger partial charge in [-0.25, -0.2) is 13.2 Å². The number of thioether (sulfide) groups is 1. The highest BCUT2D eigenvalue weighted by molar-refractivity contribution is 8.00. The second-order valence-corrected chi connectivity index (χ2v) is 7.24. The zero-order valence-electron chi connectivity index (χ0n) is 11.0. The molecule has 0 radical (unpaired) electrons. The number of aryl methyl sites for hydroxylation is 1. The summed E-state index contributed by atoms with van der Waals surface area (Å²) in [5.41, 5.74) is 0.0460. The summed E-state index contributed by atoms with van der Waals surface area (Å²) in [6, 6.07) is 5.12. The van der Waals surface area contributed by atoms with Crippen LogP contribution < -0.4 is 0 Å². The molecule has 7 nitrogen and oxygen atoms in total. The van der Waals surface area contributed by atoms with E-state index in [-0.39, 0.29) is 22.0 Å². The minimum absolute atomic E-state index is 0.0460. The van der Waals surface area contributed by atoms with Gasteiger partial charge in [0.15, 0.2) is 9.84 Å². The molecule has 0 aliphatic carbocycles. The van der Waals surface area contributed by atoms with Crippen molar-refractivity contribution >= 4 is 27.6 Å². The minimum Gasteiger partial charge on any atom is -0.478 e. The summed E-state index contributed by atoms with van der Waals surface area (Å²) in [5.74, 6) is -0.512. The Morgan fingerprint density at radius 1 is 1.29 bits per heavy atom. The molecule has 9 heteroatoms. The first-order valence-electron chi connectivity index (χ1n) is 5.87. The molecule has 0 saturated carbocycles. The highest BCUT2D eigenvalue weighted by Crippen LogP contribution is 2.19. The van der Waals surface area contributed by atoms with Gasteiger partial charge in [0.05, 0.1) is 16.2 Å². The molecule has 0 atom stereocenters. The number of rotatable bonds is 6. The summed E-state index contributed by atoms with van der Waals surface area (Å²) in [6.07, 6.45) is 0. The molecule has 112 valence electrons. The van der Waals surface area contributed by atoms with Gasteiger partial charge in [0.2, 0.25) is 5.89 Å². The van der Waals surface area contributed by atoms with Crippen molar-refractivity contribution in [2.24, 2.45) is 0 Å². The van der Waals surface area contributed by atoms with Crippen LogP contribution >= 0.6 is 11.8 Å². The molecule has 1 heterocycles. The number of aromatic nitrogens is 2. The Bertz CT molecular complexity index is 737. The van der Waals surface area contributed by atoms with E-state index < -0.39 is 15.8 Å². The smallest absolute Gasteiger partial charge is 0.335 e. The van der Waals surface area contributed by atoms with E-state index in [0.717, 1.165) is 11.8 Å². The van der Waals surface area contributed by atoms with Crippen LogP contribution in [-0.4, -0.2) is 41.2 Å². The van der Waals surface area contributed by atoms with Gasteiger partial charge in [0.1, 0.15) is 0 Å². The molecule has 0 saturated heterocycles. The molecule has 0 unspecified atom stereocenters. The van der Waals surface area contributed by atoms with Gasteiger partial charge >= 0.3 is 5.97 Å². The number of carboxylic acids is 1. The second kappa shape index (κ2) is 6.27. The van der Waals surface area contributed by atoms with Crippen LogP contribution in [-0.2, 0) is 9.84 Å². The van der Waals surface area contributed by atoms with Gasteiger partial charge in [-0.1, -0.05) is 11.8 Å². The monoisotopic (exact) mass is 328 g/mol. The Balaban J connectivity index is 1.99. The van der Waals surface area contributed by atoms with Crippen LogP contribution in [0.1, 0.15) is 16.2 Å². The van der Waals surface area contributed by atoms with Crippen molar-refractivity contribution < 1.29 is 22.7 Å². The minimum atomic E-state index is -3.47. The first-order valence-corrected chi connectivity index (χ1v) is 8.51. The van der Waals surface area contributed by atoms with Crippen LogP contribution in [0, 0.1) is 6.92 Å². The molecular formula is C12H12N2O5S2. The van der Waals surface area contributed by atoms with Crippen LogP contribution in [0.3, 0.4) is 0 Å². The molecule has 0 amide bonds. The van der Waals surface area contributed by atoms with E-state index in [4.69, 9.17) is 9.52 Å². The molecular weight excluding hydrogens is 316 g/mol. The maximum absolute atomic E-state index is 12.1. The second-order valence-electron chi connectivity index (χ2n) is 4.08. The van der Waals surface area contributed by atoms with E-state index in [2.05, 4.69) is 10.2 Å². The fraction of sp³-hybridized carbons (Fsp3) is 0.250. The molecule has 0 aliphatic heterocycles. The fourth-order valence-corrected chi connectivity index (χ4v) is 3.95. The van der Waals surface area contributed by atoms with E-state index in [0.29, 0.717) is 11.1 Å². The van der Waals surface area contributed by atoms with Gasteiger partial charge in [-0.15, -0.1) is 10.2 Å². The number of sulfone groups is 1. The molecule has 0 fully saturated rings. The molecule has 0 spiro atoms. The van der Waals surface area contributed by atoms with Crippen LogP contribution in [0.2, 0.25) is 0 Å². The van der Waals surface area contributed by atoms with Gasteiger partial charge in [-0.05, 0) is 24.3 Å². The van der Waals surface area contributed by atoms with Crippen molar-refractivity contribution in [2.45, 2.75) is 17.0 Å². The lowest BCUT2D eigenvalue weighted by Gasteiger charge is -2.03. The Kier molecular flexibility index (Phi) is 4.63. The molecule has 1 aromatic heterocycles. The third-order valence-electron chi connectivity index (χ3n) is 2.55. The molecule has 1 aromatic carbocycles. The summed E-state index contributed by atoms with van der Waals surface area (Å²) in [6.45, 7) is 1.65. The number of benzene rings is 1. The maximum Gasteiger partial charge on any atom is 0.335 e. The van der Waals surface area contributed by atoms with Gasteiger partial charge < -0.3 is 9.52 Å². The van der Waals surface area contributed by atoms with Crippen LogP contribution in [0.4, 0.5) is 0 Å². The number of carbonyl (C=O) groups is 1. The van der Waals surface area contributed by atoms with E-state index in [1.165, 1.54) is 24.3 Å².